The second-order valence-electron chi connectivity index (χ2n) is 5.56. The SMILES string of the molecule is Cc1cc(C(=O)N(C)CC(C)C(=O)O)sc1-c1cccc(Cl)c1. The lowest BCUT2D eigenvalue weighted by atomic mass is 10.1. The first-order valence-corrected chi connectivity index (χ1v) is 8.33. The number of carbonyl (C=O) groups excluding carboxylic acids is 1. The fourth-order valence-corrected chi connectivity index (χ4v) is 3.62. The minimum absolute atomic E-state index is 0.167. The van der Waals surface area contributed by atoms with Crippen LogP contribution in [0.3, 0.4) is 0 Å². The van der Waals surface area contributed by atoms with Crippen molar-refractivity contribution in [1.82, 2.24) is 4.90 Å². The number of carboxylic acids is 1. The number of carbonyl (C=O) groups is 2. The highest BCUT2D eigenvalue weighted by molar-refractivity contribution is 7.17. The summed E-state index contributed by atoms with van der Waals surface area (Å²) >= 11 is 7.42. The van der Waals surface area contributed by atoms with Crippen molar-refractivity contribution in [2.24, 2.45) is 5.92 Å². The predicted molar refractivity (Wildman–Crippen MR) is 93.3 cm³/mol. The lowest BCUT2D eigenvalue weighted by molar-refractivity contribution is -0.141. The molecule has 4 nitrogen and oxygen atoms in total. The van der Waals surface area contributed by atoms with Gasteiger partial charge in [0.1, 0.15) is 0 Å². The molecule has 1 heterocycles. The molecule has 1 aromatic carbocycles. The van der Waals surface area contributed by atoms with Crippen molar-refractivity contribution in [3.05, 3.63) is 45.8 Å². The largest absolute Gasteiger partial charge is 0.481 e. The highest BCUT2D eigenvalue weighted by Crippen LogP contribution is 2.34. The van der Waals surface area contributed by atoms with E-state index in [9.17, 15) is 9.59 Å². The third-order valence-corrected chi connectivity index (χ3v) is 5.04. The monoisotopic (exact) mass is 351 g/mol. The minimum Gasteiger partial charge on any atom is -0.481 e. The number of nitrogens with zero attached hydrogens (tertiary/aromatic N) is 1. The number of aliphatic carboxylic acids is 1. The second kappa shape index (κ2) is 7.15. The standard InChI is InChI=1S/C17H18ClNO3S/c1-10-7-14(16(20)19(3)9-11(2)17(21)22)23-15(10)12-5-4-6-13(18)8-12/h4-8,11H,9H2,1-3H3,(H,21,22). The average molecular weight is 352 g/mol. The van der Waals surface area contributed by atoms with Gasteiger partial charge in [0.25, 0.3) is 5.91 Å². The van der Waals surface area contributed by atoms with Crippen LogP contribution in [0.5, 0.6) is 0 Å². The van der Waals surface area contributed by atoms with Crippen molar-refractivity contribution in [3.63, 3.8) is 0 Å². The Bertz CT molecular complexity index is 741. The first kappa shape index (κ1) is 17.5. The lowest BCUT2D eigenvalue weighted by Crippen LogP contribution is -2.33. The molecule has 0 bridgehead atoms. The number of carboxylic acid groups (broad SMARTS) is 1. The molecule has 23 heavy (non-hydrogen) atoms. The molecule has 1 atom stereocenters. The quantitative estimate of drug-likeness (QED) is 0.879. The zero-order chi connectivity index (χ0) is 17.1. The molecule has 1 unspecified atom stereocenters. The molecule has 0 spiro atoms. The molecule has 0 aliphatic rings. The van der Waals surface area contributed by atoms with Crippen molar-refractivity contribution in [1.29, 1.82) is 0 Å². The van der Waals surface area contributed by atoms with E-state index in [1.807, 2.05) is 31.2 Å². The van der Waals surface area contributed by atoms with Gasteiger partial charge in [-0.15, -0.1) is 11.3 Å². The molecule has 0 saturated carbocycles. The minimum atomic E-state index is -0.911. The maximum absolute atomic E-state index is 12.5. The molecule has 1 amide bonds. The smallest absolute Gasteiger partial charge is 0.308 e. The first-order chi connectivity index (χ1) is 10.8. The fourth-order valence-electron chi connectivity index (χ4n) is 2.26. The third kappa shape index (κ3) is 4.12. The summed E-state index contributed by atoms with van der Waals surface area (Å²) in [5.41, 5.74) is 1.97. The number of halogens is 1. The molecule has 0 aliphatic carbocycles. The maximum Gasteiger partial charge on any atom is 0.308 e. The summed E-state index contributed by atoms with van der Waals surface area (Å²) in [6, 6.07) is 9.34. The number of hydrogen-bond acceptors (Lipinski definition) is 3. The van der Waals surface area contributed by atoms with Gasteiger partial charge in [0.2, 0.25) is 0 Å². The van der Waals surface area contributed by atoms with Gasteiger partial charge in [-0.3, -0.25) is 9.59 Å². The van der Waals surface area contributed by atoms with Gasteiger partial charge in [-0.1, -0.05) is 30.7 Å². The summed E-state index contributed by atoms with van der Waals surface area (Å²) in [4.78, 5) is 26.4. The van der Waals surface area contributed by atoms with Gasteiger partial charge in [0.15, 0.2) is 0 Å². The van der Waals surface area contributed by atoms with Crippen molar-refractivity contribution in [2.45, 2.75) is 13.8 Å². The predicted octanol–water partition coefficient (Wildman–Crippen LogP) is 4.17. The van der Waals surface area contributed by atoms with Crippen LogP contribution >= 0.6 is 22.9 Å². The fraction of sp³-hybridized carbons (Fsp3) is 0.294. The topological polar surface area (TPSA) is 57.6 Å². The molecule has 1 N–H and O–H groups in total. The highest BCUT2D eigenvalue weighted by atomic mass is 35.5. The molecule has 0 aliphatic heterocycles. The number of amides is 1. The molecular formula is C17H18ClNO3S. The van der Waals surface area contributed by atoms with Gasteiger partial charge in [-0.05, 0) is 36.2 Å². The Morgan fingerprint density at radius 1 is 1.35 bits per heavy atom. The number of rotatable bonds is 5. The van der Waals surface area contributed by atoms with Crippen molar-refractivity contribution >= 4 is 34.8 Å². The van der Waals surface area contributed by atoms with Crippen LogP contribution in [0.15, 0.2) is 30.3 Å². The number of aryl methyl sites for hydroxylation is 1. The zero-order valence-corrected chi connectivity index (χ0v) is 14.7. The van der Waals surface area contributed by atoms with Gasteiger partial charge in [-0.25, -0.2) is 0 Å². The van der Waals surface area contributed by atoms with E-state index in [0.29, 0.717) is 9.90 Å². The Hall–Kier alpha value is -1.85. The van der Waals surface area contributed by atoms with Gasteiger partial charge < -0.3 is 10.0 Å². The average Bonchev–Trinajstić information content (AvgIpc) is 2.88. The van der Waals surface area contributed by atoms with Crippen LogP contribution in [0.1, 0.15) is 22.2 Å². The van der Waals surface area contributed by atoms with Gasteiger partial charge in [0, 0.05) is 23.5 Å². The van der Waals surface area contributed by atoms with Crippen molar-refractivity contribution < 1.29 is 14.7 Å². The van der Waals surface area contributed by atoms with Crippen LogP contribution in [-0.2, 0) is 4.79 Å². The molecule has 122 valence electrons. The van der Waals surface area contributed by atoms with Crippen molar-refractivity contribution in [3.8, 4) is 10.4 Å². The Kier molecular flexibility index (Phi) is 5.44. The zero-order valence-electron chi connectivity index (χ0n) is 13.2. The molecular weight excluding hydrogens is 334 g/mol. The Morgan fingerprint density at radius 2 is 2.04 bits per heavy atom. The molecule has 2 rings (SSSR count). The number of benzene rings is 1. The van der Waals surface area contributed by atoms with E-state index in [2.05, 4.69) is 0 Å². The van der Waals surface area contributed by atoms with E-state index in [0.717, 1.165) is 16.0 Å². The van der Waals surface area contributed by atoms with Crippen LogP contribution in [-0.4, -0.2) is 35.5 Å². The van der Waals surface area contributed by atoms with E-state index in [-0.39, 0.29) is 12.5 Å². The normalized spacial score (nSPS) is 12.0. The van der Waals surface area contributed by atoms with E-state index in [4.69, 9.17) is 16.7 Å². The number of hydrogen-bond donors (Lipinski definition) is 1. The number of thiophene rings is 1. The summed E-state index contributed by atoms with van der Waals surface area (Å²) < 4.78 is 0. The Labute approximate surface area is 144 Å². The summed E-state index contributed by atoms with van der Waals surface area (Å²) in [6.45, 7) is 3.71. The Morgan fingerprint density at radius 3 is 2.65 bits per heavy atom. The van der Waals surface area contributed by atoms with E-state index < -0.39 is 11.9 Å². The third-order valence-electron chi connectivity index (χ3n) is 3.53. The van der Waals surface area contributed by atoms with E-state index in [1.165, 1.54) is 16.2 Å². The molecule has 0 saturated heterocycles. The lowest BCUT2D eigenvalue weighted by Gasteiger charge is -2.18. The van der Waals surface area contributed by atoms with Crippen LogP contribution < -0.4 is 0 Å². The summed E-state index contributed by atoms with van der Waals surface area (Å²) in [6.07, 6.45) is 0. The molecule has 0 radical (unpaired) electrons. The summed E-state index contributed by atoms with van der Waals surface area (Å²) in [7, 11) is 1.62. The molecule has 1 aromatic heterocycles. The van der Waals surface area contributed by atoms with Gasteiger partial charge in [-0.2, -0.15) is 0 Å². The van der Waals surface area contributed by atoms with Crippen LogP contribution in [0.2, 0.25) is 5.02 Å². The van der Waals surface area contributed by atoms with Gasteiger partial charge in [0.05, 0.1) is 10.8 Å². The first-order valence-electron chi connectivity index (χ1n) is 7.14. The van der Waals surface area contributed by atoms with Crippen LogP contribution in [0.4, 0.5) is 0 Å². The Balaban J connectivity index is 2.23. The molecule has 6 heteroatoms. The van der Waals surface area contributed by atoms with E-state index >= 15 is 0 Å². The summed E-state index contributed by atoms with van der Waals surface area (Å²) in [5, 5.41) is 9.61. The van der Waals surface area contributed by atoms with Crippen molar-refractivity contribution in [2.75, 3.05) is 13.6 Å². The van der Waals surface area contributed by atoms with E-state index in [1.54, 1.807) is 20.0 Å². The second-order valence-corrected chi connectivity index (χ2v) is 7.05. The molecule has 2 aromatic rings. The maximum atomic E-state index is 12.5. The highest BCUT2D eigenvalue weighted by Gasteiger charge is 2.21. The molecule has 0 fully saturated rings. The van der Waals surface area contributed by atoms with Crippen LogP contribution in [0, 0.1) is 12.8 Å². The summed E-state index contributed by atoms with van der Waals surface area (Å²) in [5.74, 6) is -1.68. The van der Waals surface area contributed by atoms with Crippen LogP contribution in [0.25, 0.3) is 10.4 Å². The van der Waals surface area contributed by atoms with Gasteiger partial charge >= 0.3 is 5.97 Å².